The number of amides is 1. The number of rotatable bonds is 6. The summed E-state index contributed by atoms with van der Waals surface area (Å²) in [5.74, 6) is -2.04. The Morgan fingerprint density at radius 3 is 2.64 bits per heavy atom. The Kier molecular flexibility index (Phi) is 5.57. The molecule has 168 valence electrons. The van der Waals surface area contributed by atoms with Crippen LogP contribution in [0, 0.1) is 10.1 Å². The lowest BCUT2D eigenvalue weighted by atomic mass is 9.95. The van der Waals surface area contributed by atoms with E-state index in [9.17, 15) is 29.9 Å². The number of carbonyl (C=O) groups excluding carboxylic acids is 2. The molecule has 1 aromatic heterocycles. The van der Waals surface area contributed by atoms with Crippen LogP contribution in [0.15, 0.2) is 70.9 Å². The molecule has 1 saturated heterocycles. The van der Waals surface area contributed by atoms with Gasteiger partial charge in [-0.2, -0.15) is 0 Å². The van der Waals surface area contributed by atoms with E-state index in [1.165, 1.54) is 54.7 Å². The van der Waals surface area contributed by atoms with Crippen molar-refractivity contribution in [3.8, 4) is 11.5 Å². The first-order chi connectivity index (χ1) is 15.8. The third-order valence-corrected chi connectivity index (χ3v) is 5.30. The number of Topliss-reactive ketones (excluding diaryl/α,β-unsaturated/α-hetero) is 1. The van der Waals surface area contributed by atoms with Crippen molar-refractivity contribution in [2.45, 2.75) is 12.6 Å². The van der Waals surface area contributed by atoms with E-state index in [4.69, 9.17) is 9.15 Å². The van der Waals surface area contributed by atoms with E-state index in [1.54, 1.807) is 12.1 Å². The van der Waals surface area contributed by atoms with Crippen LogP contribution in [0.1, 0.15) is 22.9 Å². The summed E-state index contributed by atoms with van der Waals surface area (Å²) < 4.78 is 10.5. The maximum Gasteiger partial charge on any atom is 0.296 e. The van der Waals surface area contributed by atoms with E-state index in [0.717, 1.165) is 6.07 Å². The van der Waals surface area contributed by atoms with Gasteiger partial charge in [0.1, 0.15) is 11.5 Å². The number of ketones is 1. The van der Waals surface area contributed by atoms with E-state index in [0.29, 0.717) is 11.3 Å². The Morgan fingerprint density at radius 2 is 1.97 bits per heavy atom. The minimum absolute atomic E-state index is 0.0101. The highest BCUT2D eigenvalue weighted by Gasteiger charge is 2.46. The highest BCUT2D eigenvalue weighted by atomic mass is 16.6. The van der Waals surface area contributed by atoms with Crippen molar-refractivity contribution in [1.82, 2.24) is 4.90 Å². The summed E-state index contributed by atoms with van der Waals surface area (Å²) in [5.41, 5.74) is -0.148. The summed E-state index contributed by atoms with van der Waals surface area (Å²) >= 11 is 0. The molecule has 10 nitrogen and oxygen atoms in total. The normalized spacial score (nSPS) is 17.4. The van der Waals surface area contributed by atoms with Crippen LogP contribution in [-0.4, -0.2) is 38.8 Å². The molecule has 0 spiro atoms. The fourth-order valence-corrected chi connectivity index (χ4v) is 3.75. The molecule has 1 amide bonds. The van der Waals surface area contributed by atoms with Gasteiger partial charge in [0.05, 0.1) is 36.5 Å². The molecule has 0 saturated carbocycles. The quantitative estimate of drug-likeness (QED) is 0.191. The molecule has 0 bridgehead atoms. The Bertz CT molecular complexity index is 1280. The van der Waals surface area contributed by atoms with Gasteiger partial charge in [-0.1, -0.05) is 18.2 Å². The lowest BCUT2D eigenvalue weighted by molar-refractivity contribution is -0.384. The number of ether oxygens (including phenoxy) is 1. The third-order valence-electron chi connectivity index (χ3n) is 5.30. The Labute approximate surface area is 187 Å². The molecule has 1 aliphatic rings. The number of phenols is 1. The highest BCUT2D eigenvalue weighted by molar-refractivity contribution is 6.46. The predicted octanol–water partition coefficient (Wildman–Crippen LogP) is 3.52. The van der Waals surface area contributed by atoms with Gasteiger partial charge in [0.2, 0.25) is 0 Å². The first-order valence-electron chi connectivity index (χ1n) is 9.74. The second-order valence-electron chi connectivity index (χ2n) is 7.25. The molecule has 10 heteroatoms. The van der Waals surface area contributed by atoms with E-state index >= 15 is 0 Å². The lowest BCUT2D eigenvalue weighted by Gasteiger charge is -2.25. The van der Waals surface area contributed by atoms with Crippen molar-refractivity contribution in [3.05, 3.63) is 93.4 Å². The Morgan fingerprint density at radius 1 is 1.18 bits per heavy atom. The van der Waals surface area contributed by atoms with Crippen LogP contribution in [0.2, 0.25) is 0 Å². The van der Waals surface area contributed by atoms with Crippen LogP contribution in [0.3, 0.4) is 0 Å². The molecule has 1 atom stereocenters. The number of likely N-dealkylation sites (tertiary alicyclic amines) is 1. The van der Waals surface area contributed by atoms with Gasteiger partial charge in [-0.05, 0) is 29.8 Å². The highest BCUT2D eigenvalue weighted by Crippen LogP contribution is 2.42. The zero-order chi connectivity index (χ0) is 23.7. The number of carbonyl (C=O) groups is 2. The SMILES string of the molecule is COc1cc([C@@H]2/C(=C(\O)c3cccc([N+](=O)[O-])c3)C(=O)C(=O)N2Cc2ccco2)ccc1O. The summed E-state index contributed by atoms with van der Waals surface area (Å²) in [6.07, 6.45) is 1.42. The average Bonchev–Trinajstić information content (AvgIpc) is 3.41. The maximum atomic E-state index is 13.0. The summed E-state index contributed by atoms with van der Waals surface area (Å²) in [4.78, 5) is 37.7. The molecule has 1 fully saturated rings. The summed E-state index contributed by atoms with van der Waals surface area (Å²) in [7, 11) is 1.35. The largest absolute Gasteiger partial charge is 0.507 e. The van der Waals surface area contributed by atoms with Gasteiger partial charge in [-0.3, -0.25) is 19.7 Å². The van der Waals surface area contributed by atoms with Crippen LogP contribution >= 0.6 is 0 Å². The van der Waals surface area contributed by atoms with E-state index in [2.05, 4.69) is 0 Å². The number of furan rings is 1. The van der Waals surface area contributed by atoms with Gasteiger partial charge in [0.25, 0.3) is 17.4 Å². The van der Waals surface area contributed by atoms with Crippen LogP contribution in [0.25, 0.3) is 5.76 Å². The zero-order valence-electron chi connectivity index (χ0n) is 17.3. The van der Waals surface area contributed by atoms with Crippen LogP contribution in [-0.2, 0) is 16.1 Å². The smallest absolute Gasteiger partial charge is 0.296 e. The topological polar surface area (TPSA) is 143 Å². The number of nitro groups is 1. The number of aliphatic hydroxyl groups is 1. The predicted molar refractivity (Wildman–Crippen MR) is 114 cm³/mol. The lowest BCUT2D eigenvalue weighted by Crippen LogP contribution is -2.29. The second-order valence-corrected chi connectivity index (χ2v) is 7.25. The van der Waals surface area contributed by atoms with Crippen LogP contribution in [0.4, 0.5) is 5.69 Å². The van der Waals surface area contributed by atoms with Gasteiger partial charge in [-0.25, -0.2) is 0 Å². The van der Waals surface area contributed by atoms with Crippen molar-refractivity contribution in [2.75, 3.05) is 7.11 Å². The molecule has 3 aromatic rings. The standard InChI is InChI=1S/C23H18N2O8/c1-32-18-11-13(7-8-17(18)26)20-19(21(27)14-4-2-5-15(10-14)25(30)31)22(28)23(29)24(20)12-16-6-3-9-33-16/h2-11,20,26-27H,12H2,1H3/b21-19+/t20-/m1/s1. The molecule has 4 rings (SSSR count). The maximum absolute atomic E-state index is 13.0. The molecular formula is C23H18N2O8. The fourth-order valence-electron chi connectivity index (χ4n) is 3.75. The summed E-state index contributed by atoms with van der Waals surface area (Å²) in [6, 6.07) is 11.6. The van der Waals surface area contributed by atoms with E-state index in [-0.39, 0.29) is 34.9 Å². The number of nitrogens with zero attached hydrogens (tertiary/aromatic N) is 2. The molecule has 2 aromatic carbocycles. The molecule has 2 heterocycles. The minimum Gasteiger partial charge on any atom is -0.507 e. The molecule has 2 N–H and O–H groups in total. The molecule has 0 unspecified atom stereocenters. The number of hydrogen-bond acceptors (Lipinski definition) is 8. The number of aromatic hydroxyl groups is 1. The summed E-state index contributed by atoms with van der Waals surface area (Å²) in [5, 5.41) is 32.2. The van der Waals surface area contributed by atoms with Crippen molar-refractivity contribution in [2.24, 2.45) is 0 Å². The number of non-ortho nitro benzene ring substituents is 1. The number of benzene rings is 2. The Balaban J connectivity index is 1.91. The number of aliphatic hydroxyl groups excluding tert-OH is 1. The monoisotopic (exact) mass is 450 g/mol. The molecule has 1 aliphatic heterocycles. The number of phenolic OH excluding ortho intramolecular Hbond substituents is 1. The number of methoxy groups -OCH3 is 1. The van der Waals surface area contributed by atoms with Crippen LogP contribution < -0.4 is 4.74 Å². The summed E-state index contributed by atoms with van der Waals surface area (Å²) in [6.45, 7) is -0.0723. The first-order valence-corrected chi connectivity index (χ1v) is 9.74. The van der Waals surface area contributed by atoms with Crippen molar-refractivity contribution < 1.29 is 33.9 Å². The van der Waals surface area contributed by atoms with Gasteiger partial charge in [-0.15, -0.1) is 0 Å². The number of hydrogen-bond donors (Lipinski definition) is 2. The van der Waals surface area contributed by atoms with Gasteiger partial charge in [0.15, 0.2) is 11.5 Å². The van der Waals surface area contributed by atoms with Crippen molar-refractivity contribution >= 4 is 23.1 Å². The zero-order valence-corrected chi connectivity index (χ0v) is 17.3. The second kappa shape index (κ2) is 8.50. The van der Waals surface area contributed by atoms with Gasteiger partial charge < -0.3 is 24.3 Å². The van der Waals surface area contributed by atoms with Gasteiger partial charge in [0, 0.05) is 17.7 Å². The minimum atomic E-state index is -1.07. The fraction of sp³-hybridized carbons (Fsp3) is 0.130. The molecular weight excluding hydrogens is 432 g/mol. The first kappa shape index (κ1) is 21.6. The van der Waals surface area contributed by atoms with Crippen molar-refractivity contribution in [1.29, 1.82) is 0 Å². The van der Waals surface area contributed by atoms with Gasteiger partial charge >= 0.3 is 0 Å². The van der Waals surface area contributed by atoms with E-state index < -0.39 is 28.4 Å². The van der Waals surface area contributed by atoms with Crippen LogP contribution in [0.5, 0.6) is 11.5 Å². The Hall–Kier alpha value is -4.60. The third kappa shape index (κ3) is 3.89. The van der Waals surface area contributed by atoms with Crippen molar-refractivity contribution in [3.63, 3.8) is 0 Å². The average molecular weight is 450 g/mol. The molecule has 0 aliphatic carbocycles. The molecule has 33 heavy (non-hydrogen) atoms. The molecule has 0 radical (unpaired) electrons. The van der Waals surface area contributed by atoms with E-state index in [1.807, 2.05) is 0 Å². The number of nitro benzene ring substituents is 1.